The van der Waals surface area contributed by atoms with Crippen molar-refractivity contribution in [2.45, 2.75) is 71.4 Å². The third-order valence-electron chi connectivity index (χ3n) is 5.02. The second-order valence-corrected chi connectivity index (χ2v) is 7.76. The van der Waals surface area contributed by atoms with Gasteiger partial charge in [-0.15, -0.1) is 0 Å². The minimum Gasteiger partial charge on any atom is -0.393 e. The maximum Gasteiger partial charge on any atom is 0.227 e. The molecular weight excluding hydrogens is 276 g/mol. The molecule has 0 spiro atoms. The molecule has 4 nitrogen and oxygen atoms in total. The fourth-order valence-corrected chi connectivity index (χ4v) is 4.06. The first-order valence-corrected chi connectivity index (χ1v) is 9.18. The van der Waals surface area contributed by atoms with E-state index in [1.165, 1.54) is 12.8 Å². The first-order valence-electron chi connectivity index (χ1n) is 9.18. The third kappa shape index (κ3) is 4.95. The van der Waals surface area contributed by atoms with Crippen molar-refractivity contribution >= 4 is 5.91 Å². The highest BCUT2D eigenvalue weighted by atomic mass is 16.3. The van der Waals surface area contributed by atoms with E-state index in [0.29, 0.717) is 11.8 Å². The van der Waals surface area contributed by atoms with Gasteiger partial charge in [-0.1, -0.05) is 26.7 Å². The van der Waals surface area contributed by atoms with Gasteiger partial charge in [0.1, 0.15) is 0 Å². The van der Waals surface area contributed by atoms with Crippen LogP contribution in [0.15, 0.2) is 0 Å². The van der Waals surface area contributed by atoms with Gasteiger partial charge < -0.3 is 14.9 Å². The summed E-state index contributed by atoms with van der Waals surface area (Å²) in [7, 11) is 0. The van der Waals surface area contributed by atoms with Crippen LogP contribution in [0.3, 0.4) is 0 Å². The number of likely N-dealkylation sites (tertiary alicyclic amines) is 2. The van der Waals surface area contributed by atoms with Crippen molar-refractivity contribution in [3.63, 3.8) is 0 Å². The summed E-state index contributed by atoms with van der Waals surface area (Å²) >= 11 is 0. The summed E-state index contributed by atoms with van der Waals surface area (Å²) in [4.78, 5) is 17.5. The van der Waals surface area contributed by atoms with Gasteiger partial charge in [0.15, 0.2) is 0 Å². The molecule has 2 saturated heterocycles. The fourth-order valence-electron chi connectivity index (χ4n) is 4.06. The monoisotopic (exact) mass is 310 g/mol. The summed E-state index contributed by atoms with van der Waals surface area (Å²) in [5.74, 6) is 1.18. The summed E-state index contributed by atoms with van der Waals surface area (Å²) in [5, 5.41) is 9.76. The number of hydrogen-bond acceptors (Lipinski definition) is 3. The third-order valence-corrected chi connectivity index (χ3v) is 5.02. The lowest BCUT2D eigenvalue weighted by molar-refractivity contribution is -0.138. The lowest BCUT2D eigenvalue weighted by Gasteiger charge is -2.33. The second kappa shape index (κ2) is 8.30. The molecule has 4 heteroatoms. The van der Waals surface area contributed by atoms with Crippen LogP contribution in [0.2, 0.25) is 0 Å². The van der Waals surface area contributed by atoms with Gasteiger partial charge in [0, 0.05) is 25.7 Å². The standard InChI is InChI=1S/C18H34N2O2/c1-14(2)12-19-10-8-16(13-19)18(22)20-9-6-4-5-7-17(20)11-15(3)21/h14-17,21H,4-13H2,1-3H3/t15-,16-,17+/m0/s1. The molecule has 22 heavy (non-hydrogen) atoms. The SMILES string of the molecule is CC(C)CN1CC[C@H](C(=O)N2CCCCC[C@@H]2C[C@H](C)O)C1. The van der Waals surface area contributed by atoms with E-state index in [1.54, 1.807) is 0 Å². The Balaban J connectivity index is 1.96. The van der Waals surface area contributed by atoms with Crippen molar-refractivity contribution in [2.75, 3.05) is 26.2 Å². The van der Waals surface area contributed by atoms with E-state index in [0.717, 1.165) is 51.9 Å². The van der Waals surface area contributed by atoms with Crippen LogP contribution in [0.5, 0.6) is 0 Å². The lowest BCUT2D eigenvalue weighted by Crippen LogP contribution is -2.45. The van der Waals surface area contributed by atoms with E-state index in [2.05, 4.69) is 23.6 Å². The van der Waals surface area contributed by atoms with E-state index < -0.39 is 0 Å². The highest BCUT2D eigenvalue weighted by Crippen LogP contribution is 2.26. The first kappa shape index (κ1) is 17.7. The zero-order valence-corrected chi connectivity index (χ0v) is 14.6. The zero-order valence-electron chi connectivity index (χ0n) is 14.6. The number of amides is 1. The Hall–Kier alpha value is -0.610. The fraction of sp³-hybridized carbons (Fsp3) is 0.944. The van der Waals surface area contributed by atoms with Crippen molar-refractivity contribution in [2.24, 2.45) is 11.8 Å². The number of aliphatic hydroxyl groups is 1. The number of hydrogen-bond donors (Lipinski definition) is 1. The van der Waals surface area contributed by atoms with Crippen LogP contribution in [0.4, 0.5) is 0 Å². The quantitative estimate of drug-likeness (QED) is 0.848. The molecule has 2 rings (SSSR count). The maximum atomic E-state index is 13.0. The van der Waals surface area contributed by atoms with Crippen molar-refractivity contribution in [1.29, 1.82) is 0 Å². The van der Waals surface area contributed by atoms with Crippen molar-refractivity contribution in [1.82, 2.24) is 9.80 Å². The Bertz CT molecular complexity index is 357. The molecule has 2 heterocycles. The molecule has 0 aliphatic carbocycles. The molecule has 0 unspecified atom stereocenters. The molecule has 128 valence electrons. The van der Waals surface area contributed by atoms with E-state index in [1.807, 2.05) is 6.92 Å². The molecule has 3 atom stereocenters. The predicted octanol–water partition coefficient (Wildman–Crippen LogP) is 2.51. The molecule has 0 radical (unpaired) electrons. The van der Waals surface area contributed by atoms with Crippen molar-refractivity contribution < 1.29 is 9.90 Å². The second-order valence-electron chi connectivity index (χ2n) is 7.76. The number of nitrogens with zero attached hydrogens (tertiary/aromatic N) is 2. The summed E-state index contributed by atoms with van der Waals surface area (Å²) in [6, 6.07) is 0.245. The van der Waals surface area contributed by atoms with Gasteiger partial charge in [0.25, 0.3) is 0 Å². The highest BCUT2D eigenvalue weighted by Gasteiger charge is 2.35. The number of carbonyl (C=O) groups is 1. The maximum absolute atomic E-state index is 13.0. The van der Waals surface area contributed by atoms with Crippen LogP contribution < -0.4 is 0 Å². The Morgan fingerprint density at radius 1 is 1.14 bits per heavy atom. The van der Waals surface area contributed by atoms with Crippen LogP contribution >= 0.6 is 0 Å². The minimum absolute atomic E-state index is 0.174. The smallest absolute Gasteiger partial charge is 0.227 e. The van der Waals surface area contributed by atoms with E-state index >= 15 is 0 Å². The van der Waals surface area contributed by atoms with Crippen molar-refractivity contribution in [3.05, 3.63) is 0 Å². The van der Waals surface area contributed by atoms with E-state index in [9.17, 15) is 9.90 Å². The summed E-state index contributed by atoms with van der Waals surface area (Å²) in [6.45, 7) is 10.3. The van der Waals surface area contributed by atoms with Crippen molar-refractivity contribution in [3.8, 4) is 0 Å². The Morgan fingerprint density at radius 3 is 2.59 bits per heavy atom. The highest BCUT2D eigenvalue weighted by molar-refractivity contribution is 5.79. The van der Waals surface area contributed by atoms with Crippen LogP contribution in [0.1, 0.15) is 59.3 Å². The molecule has 0 saturated carbocycles. The normalized spacial score (nSPS) is 28.9. The van der Waals surface area contributed by atoms with Crippen LogP contribution in [-0.2, 0) is 4.79 Å². The van der Waals surface area contributed by atoms with E-state index in [-0.39, 0.29) is 18.1 Å². The van der Waals surface area contributed by atoms with Crippen LogP contribution in [0.25, 0.3) is 0 Å². The molecule has 0 aromatic rings. The van der Waals surface area contributed by atoms with Gasteiger partial charge in [0.05, 0.1) is 12.0 Å². The van der Waals surface area contributed by atoms with Gasteiger partial charge >= 0.3 is 0 Å². The molecule has 2 fully saturated rings. The average Bonchev–Trinajstić information content (AvgIpc) is 2.76. The topological polar surface area (TPSA) is 43.8 Å². The summed E-state index contributed by atoms with van der Waals surface area (Å²) < 4.78 is 0. The van der Waals surface area contributed by atoms with Gasteiger partial charge in [-0.3, -0.25) is 4.79 Å². The molecule has 2 aliphatic heterocycles. The Labute approximate surface area is 135 Å². The Morgan fingerprint density at radius 2 is 1.91 bits per heavy atom. The molecule has 2 aliphatic rings. The molecule has 0 bridgehead atoms. The summed E-state index contributed by atoms with van der Waals surface area (Å²) in [6.07, 6.45) is 5.98. The number of rotatable bonds is 5. The number of aliphatic hydroxyl groups excluding tert-OH is 1. The van der Waals surface area contributed by atoms with Gasteiger partial charge in [-0.25, -0.2) is 0 Å². The zero-order chi connectivity index (χ0) is 16.1. The molecule has 1 N–H and O–H groups in total. The molecular formula is C18H34N2O2. The molecule has 0 aromatic carbocycles. The van der Waals surface area contributed by atoms with Gasteiger partial charge in [-0.2, -0.15) is 0 Å². The molecule has 1 amide bonds. The largest absolute Gasteiger partial charge is 0.393 e. The van der Waals surface area contributed by atoms with Crippen LogP contribution in [-0.4, -0.2) is 59.1 Å². The predicted molar refractivity (Wildman–Crippen MR) is 89.7 cm³/mol. The van der Waals surface area contributed by atoms with Gasteiger partial charge in [-0.05, 0) is 45.1 Å². The minimum atomic E-state index is -0.320. The lowest BCUT2D eigenvalue weighted by atomic mass is 10.0. The Kier molecular flexibility index (Phi) is 6.69. The molecule has 0 aromatic heterocycles. The van der Waals surface area contributed by atoms with Crippen LogP contribution in [0, 0.1) is 11.8 Å². The summed E-state index contributed by atoms with van der Waals surface area (Å²) in [5.41, 5.74) is 0. The van der Waals surface area contributed by atoms with E-state index in [4.69, 9.17) is 0 Å². The average molecular weight is 310 g/mol. The number of carbonyl (C=O) groups excluding carboxylic acids is 1. The first-order chi connectivity index (χ1) is 10.5. The van der Waals surface area contributed by atoms with Gasteiger partial charge in [0.2, 0.25) is 5.91 Å².